The van der Waals surface area contributed by atoms with Crippen LogP contribution in [0.25, 0.3) is 0 Å². The highest BCUT2D eigenvalue weighted by molar-refractivity contribution is 9.10. The van der Waals surface area contributed by atoms with Gasteiger partial charge in [0.25, 0.3) is 5.91 Å². The normalized spacial score (nSPS) is 14.5. The summed E-state index contributed by atoms with van der Waals surface area (Å²) in [5.74, 6) is 0.609. The fraction of sp³-hybridized carbons (Fsp3) is 0.333. The van der Waals surface area contributed by atoms with Gasteiger partial charge in [-0.1, -0.05) is 0 Å². The van der Waals surface area contributed by atoms with Crippen LogP contribution in [0.3, 0.4) is 0 Å². The molecule has 0 saturated heterocycles. The van der Waals surface area contributed by atoms with Crippen LogP contribution < -0.4 is 10.9 Å². The van der Waals surface area contributed by atoms with E-state index in [-0.39, 0.29) is 5.91 Å². The number of hydrogen-bond donors (Lipinski definition) is 2. The average molecular weight is 381 g/mol. The fourth-order valence-corrected chi connectivity index (χ4v) is 3.82. The number of anilines is 1. The van der Waals surface area contributed by atoms with Gasteiger partial charge in [0.1, 0.15) is 5.82 Å². The molecule has 2 aromatic rings. The summed E-state index contributed by atoms with van der Waals surface area (Å²) < 4.78 is 0.918. The second-order valence-corrected chi connectivity index (χ2v) is 7.24. The van der Waals surface area contributed by atoms with Gasteiger partial charge in [0.2, 0.25) is 0 Å². The molecule has 0 aromatic carbocycles. The number of carbonyl (C=O) groups excluding carboxylic acids is 1. The summed E-state index contributed by atoms with van der Waals surface area (Å²) in [5.41, 5.74) is 7.92. The molecular formula is C15H17BrN4OS. The Hall–Kier alpha value is -1.44. The Bertz CT molecular complexity index is 688. The minimum absolute atomic E-state index is 0.0530. The number of aryl methyl sites for hydroxylation is 1. The zero-order chi connectivity index (χ0) is 15.5. The molecule has 0 aliphatic carbocycles. The van der Waals surface area contributed by atoms with E-state index in [1.807, 2.05) is 13.0 Å². The van der Waals surface area contributed by atoms with Crippen molar-refractivity contribution in [3.63, 3.8) is 0 Å². The molecule has 3 rings (SSSR count). The van der Waals surface area contributed by atoms with E-state index >= 15 is 0 Å². The van der Waals surface area contributed by atoms with Crippen LogP contribution >= 0.6 is 27.3 Å². The van der Waals surface area contributed by atoms with Crippen LogP contribution in [0.15, 0.2) is 28.2 Å². The van der Waals surface area contributed by atoms with E-state index in [2.05, 4.69) is 48.1 Å². The minimum atomic E-state index is -0.0530. The first-order chi connectivity index (χ1) is 10.6. The van der Waals surface area contributed by atoms with E-state index in [1.165, 1.54) is 10.4 Å². The van der Waals surface area contributed by atoms with Gasteiger partial charge in [0, 0.05) is 28.6 Å². The van der Waals surface area contributed by atoms with Crippen LogP contribution in [0, 0.1) is 6.92 Å². The maximum atomic E-state index is 12.1. The number of fused-ring (bicyclic) bond motifs is 1. The molecule has 7 heteroatoms. The van der Waals surface area contributed by atoms with E-state index in [0.717, 1.165) is 29.5 Å². The molecule has 1 amide bonds. The number of halogens is 1. The van der Waals surface area contributed by atoms with Crippen molar-refractivity contribution in [2.24, 2.45) is 0 Å². The molecule has 0 saturated carbocycles. The highest BCUT2D eigenvalue weighted by Gasteiger charge is 2.19. The summed E-state index contributed by atoms with van der Waals surface area (Å²) in [7, 11) is 0. The number of rotatable bonds is 4. The number of pyridine rings is 1. The standard InChI is InChI=1S/C15H17BrN4OS/c1-10-6-12(16)7-17-15(10)19-18-14(21)9-20-4-2-13-11(8-20)3-5-22-13/h3,5-7H,2,4,8-9H2,1H3,(H,17,19)(H,18,21). The molecular weight excluding hydrogens is 364 g/mol. The molecule has 1 aliphatic rings. The van der Waals surface area contributed by atoms with Gasteiger partial charge in [-0.3, -0.25) is 20.5 Å². The second kappa shape index (κ2) is 6.76. The average Bonchev–Trinajstić information content (AvgIpc) is 2.94. The number of nitrogens with one attached hydrogen (secondary N) is 2. The Labute approximate surface area is 141 Å². The predicted octanol–water partition coefficient (Wildman–Crippen LogP) is 2.72. The zero-order valence-electron chi connectivity index (χ0n) is 12.2. The third kappa shape index (κ3) is 3.66. The molecule has 1 aliphatic heterocycles. The van der Waals surface area contributed by atoms with Crippen molar-refractivity contribution in [1.82, 2.24) is 15.3 Å². The molecule has 2 N–H and O–H groups in total. The summed E-state index contributed by atoms with van der Waals surface area (Å²) in [5, 5.41) is 2.12. The van der Waals surface area contributed by atoms with Crippen molar-refractivity contribution in [2.75, 3.05) is 18.5 Å². The van der Waals surface area contributed by atoms with Crippen LogP contribution in [-0.4, -0.2) is 28.9 Å². The maximum Gasteiger partial charge on any atom is 0.252 e. The van der Waals surface area contributed by atoms with Crippen LogP contribution in [0.5, 0.6) is 0 Å². The first kappa shape index (κ1) is 15.5. The summed E-state index contributed by atoms with van der Waals surface area (Å²) in [6, 6.07) is 4.10. The molecule has 0 unspecified atom stereocenters. The highest BCUT2D eigenvalue weighted by Crippen LogP contribution is 2.23. The number of amides is 1. The summed E-state index contributed by atoms with van der Waals surface area (Å²) in [6.07, 6.45) is 2.73. The third-order valence-corrected chi connectivity index (χ3v) is 5.08. The van der Waals surface area contributed by atoms with Gasteiger partial charge >= 0.3 is 0 Å². The molecule has 22 heavy (non-hydrogen) atoms. The van der Waals surface area contributed by atoms with E-state index < -0.39 is 0 Å². The molecule has 0 radical (unpaired) electrons. The molecule has 0 atom stereocenters. The minimum Gasteiger partial charge on any atom is -0.290 e. The second-order valence-electron chi connectivity index (χ2n) is 5.32. The summed E-state index contributed by atoms with van der Waals surface area (Å²) in [6.45, 7) is 4.10. The highest BCUT2D eigenvalue weighted by atomic mass is 79.9. The van der Waals surface area contributed by atoms with E-state index in [0.29, 0.717) is 12.4 Å². The maximum absolute atomic E-state index is 12.1. The van der Waals surface area contributed by atoms with Gasteiger partial charge in [-0.15, -0.1) is 11.3 Å². The van der Waals surface area contributed by atoms with E-state index in [4.69, 9.17) is 0 Å². The lowest BCUT2D eigenvalue weighted by Crippen LogP contribution is -2.41. The summed E-state index contributed by atoms with van der Waals surface area (Å²) in [4.78, 5) is 19.9. The number of nitrogens with zero attached hydrogens (tertiary/aromatic N) is 2. The van der Waals surface area contributed by atoms with E-state index in [1.54, 1.807) is 17.5 Å². The molecule has 0 spiro atoms. The molecule has 5 nitrogen and oxygen atoms in total. The van der Waals surface area contributed by atoms with Crippen LogP contribution in [0.2, 0.25) is 0 Å². The molecule has 2 aromatic heterocycles. The zero-order valence-corrected chi connectivity index (χ0v) is 14.6. The first-order valence-corrected chi connectivity index (χ1v) is 8.73. The number of carbonyl (C=O) groups is 1. The Balaban J connectivity index is 1.51. The van der Waals surface area contributed by atoms with Crippen molar-refractivity contribution < 1.29 is 4.79 Å². The molecule has 0 fully saturated rings. The van der Waals surface area contributed by atoms with Crippen molar-refractivity contribution in [1.29, 1.82) is 0 Å². The number of aromatic nitrogens is 1. The van der Waals surface area contributed by atoms with Crippen LogP contribution in [0.1, 0.15) is 16.0 Å². The fourth-order valence-electron chi connectivity index (χ4n) is 2.48. The molecule has 3 heterocycles. The van der Waals surface area contributed by atoms with Crippen LogP contribution in [-0.2, 0) is 17.8 Å². The van der Waals surface area contributed by atoms with Gasteiger partial charge in [-0.2, -0.15) is 0 Å². The number of thiophene rings is 1. The molecule has 0 bridgehead atoms. The number of hydrogen-bond acceptors (Lipinski definition) is 5. The Morgan fingerprint density at radius 1 is 1.55 bits per heavy atom. The van der Waals surface area contributed by atoms with Crippen molar-refractivity contribution >= 4 is 39.0 Å². The topological polar surface area (TPSA) is 57.3 Å². The predicted molar refractivity (Wildman–Crippen MR) is 91.7 cm³/mol. The summed E-state index contributed by atoms with van der Waals surface area (Å²) >= 11 is 5.17. The number of hydrazine groups is 1. The van der Waals surface area contributed by atoms with Crippen molar-refractivity contribution in [3.8, 4) is 0 Å². The SMILES string of the molecule is Cc1cc(Br)cnc1NNC(=O)CN1CCc2sccc2C1. The lowest BCUT2D eigenvalue weighted by molar-refractivity contribution is -0.121. The van der Waals surface area contributed by atoms with Gasteiger partial charge in [0.15, 0.2) is 0 Å². The van der Waals surface area contributed by atoms with Crippen LogP contribution in [0.4, 0.5) is 5.82 Å². The molecule has 116 valence electrons. The van der Waals surface area contributed by atoms with Gasteiger partial charge in [-0.05, 0) is 57.9 Å². The van der Waals surface area contributed by atoms with E-state index in [9.17, 15) is 4.79 Å². The largest absolute Gasteiger partial charge is 0.290 e. The third-order valence-electron chi connectivity index (χ3n) is 3.62. The lowest BCUT2D eigenvalue weighted by atomic mass is 10.1. The van der Waals surface area contributed by atoms with Crippen molar-refractivity contribution in [2.45, 2.75) is 19.9 Å². The van der Waals surface area contributed by atoms with Gasteiger partial charge in [-0.25, -0.2) is 4.98 Å². The van der Waals surface area contributed by atoms with Gasteiger partial charge < -0.3 is 0 Å². The quantitative estimate of drug-likeness (QED) is 0.800. The van der Waals surface area contributed by atoms with Crippen molar-refractivity contribution in [3.05, 3.63) is 44.2 Å². The van der Waals surface area contributed by atoms with Gasteiger partial charge in [0.05, 0.1) is 6.54 Å². The Morgan fingerprint density at radius 3 is 3.23 bits per heavy atom. The first-order valence-electron chi connectivity index (χ1n) is 7.06. The smallest absolute Gasteiger partial charge is 0.252 e. The Morgan fingerprint density at radius 2 is 2.41 bits per heavy atom. The monoisotopic (exact) mass is 380 g/mol. The Kier molecular flexibility index (Phi) is 4.75. The lowest BCUT2D eigenvalue weighted by Gasteiger charge is -2.26.